The molecule has 3 atom stereocenters. The van der Waals surface area contributed by atoms with E-state index in [4.69, 9.17) is 0 Å². The number of nitrogens with one attached hydrogen (secondary N) is 2. The highest BCUT2D eigenvalue weighted by Crippen LogP contribution is 2.32. The summed E-state index contributed by atoms with van der Waals surface area (Å²) in [4.78, 5) is 31.2. The van der Waals surface area contributed by atoms with Gasteiger partial charge in [0.25, 0.3) is 5.91 Å². The molecule has 0 aliphatic carbocycles. The Balaban J connectivity index is 1.57. The molecule has 2 aromatic carbocycles. The minimum atomic E-state index is -1.36. The van der Waals surface area contributed by atoms with Crippen molar-refractivity contribution in [1.82, 2.24) is 28.4 Å². The Labute approximate surface area is 258 Å². The van der Waals surface area contributed by atoms with Crippen LogP contribution in [0.5, 0.6) is 0 Å². The molecule has 232 valence electrons. The molecule has 0 radical (unpaired) electrons. The number of hydrogen-bond acceptors (Lipinski definition) is 5. The first-order valence-electron chi connectivity index (χ1n) is 15.1. The SMILES string of the molecule is CC(C)CS(=O)NCCn1c(C(=O)N2CCNCC2)c(-c2ccccc2)n(C2CCCN(S(=O)c3ccccc3)C2)c1=O. The van der Waals surface area contributed by atoms with Crippen LogP contribution < -0.4 is 15.7 Å². The molecule has 12 heteroatoms. The van der Waals surface area contributed by atoms with Crippen molar-refractivity contribution in [1.29, 1.82) is 0 Å². The Morgan fingerprint density at radius 1 is 1.00 bits per heavy atom. The number of piperidine rings is 1. The van der Waals surface area contributed by atoms with Gasteiger partial charge in [-0.2, -0.15) is 0 Å². The number of imidazole rings is 1. The van der Waals surface area contributed by atoms with Gasteiger partial charge >= 0.3 is 5.69 Å². The van der Waals surface area contributed by atoms with Crippen molar-refractivity contribution in [3.63, 3.8) is 0 Å². The van der Waals surface area contributed by atoms with E-state index in [9.17, 15) is 18.0 Å². The van der Waals surface area contributed by atoms with Crippen molar-refractivity contribution in [2.24, 2.45) is 5.92 Å². The molecule has 3 unspecified atom stereocenters. The average Bonchev–Trinajstić information content (AvgIpc) is 3.33. The Morgan fingerprint density at radius 2 is 1.67 bits per heavy atom. The highest BCUT2D eigenvalue weighted by Gasteiger charge is 2.35. The van der Waals surface area contributed by atoms with E-state index in [1.54, 1.807) is 14.0 Å². The Kier molecular flexibility index (Phi) is 10.8. The van der Waals surface area contributed by atoms with E-state index < -0.39 is 22.0 Å². The van der Waals surface area contributed by atoms with Gasteiger partial charge in [0.15, 0.2) is 0 Å². The summed E-state index contributed by atoms with van der Waals surface area (Å²) in [5.74, 6) is 0.594. The molecule has 1 amide bonds. The van der Waals surface area contributed by atoms with E-state index in [0.717, 1.165) is 23.3 Å². The van der Waals surface area contributed by atoms with Crippen LogP contribution in [-0.2, 0) is 28.5 Å². The second kappa shape index (κ2) is 14.7. The molecule has 2 fully saturated rings. The lowest BCUT2D eigenvalue weighted by atomic mass is 10.0. The van der Waals surface area contributed by atoms with Crippen LogP contribution in [0.25, 0.3) is 11.3 Å². The summed E-state index contributed by atoms with van der Waals surface area (Å²) in [6.07, 6.45) is 1.50. The van der Waals surface area contributed by atoms with Crippen molar-refractivity contribution in [2.75, 3.05) is 51.6 Å². The first-order valence-corrected chi connectivity index (χ1v) is 17.5. The normalized spacial score (nSPS) is 19.4. The number of nitrogens with zero attached hydrogens (tertiary/aromatic N) is 4. The number of carbonyl (C=O) groups excluding carboxylic acids is 1. The fourth-order valence-electron chi connectivity index (χ4n) is 5.82. The Morgan fingerprint density at radius 3 is 2.35 bits per heavy atom. The molecule has 1 aromatic heterocycles. The number of rotatable bonds is 11. The number of amides is 1. The summed E-state index contributed by atoms with van der Waals surface area (Å²) in [6, 6.07) is 18.7. The minimum absolute atomic E-state index is 0.181. The van der Waals surface area contributed by atoms with Crippen molar-refractivity contribution in [2.45, 2.75) is 44.2 Å². The van der Waals surface area contributed by atoms with Crippen LogP contribution in [0.4, 0.5) is 0 Å². The van der Waals surface area contributed by atoms with Gasteiger partial charge in [-0.15, -0.1) is 0 Å². The number of piperazine rings is 1. The quantitative estimate of drug-likeness (QED) is 0.340. The second-order valence-corrected chi connectivity index (χ2v) is 14.3. The third-order valence-corrected chi connectivity index (χ3v) is 10.8. The van der Waals surface area contributed by atoms with Gasteiger partial charge < -0.3 is 10.2 Å². The van der Waals surface area contributed by atoms with Crippen LogP contribution in [0.1, 0.15) is 43.2 Å². The van der Waals surface area contributed by atoms with Crippen LogP contribution in [0.2, 0.25) is 0 Å². The van der Waals surface area contributed by atoms with E-state index in [1.165, 1.54) is 0 Å². The number of carbonyl (C=O) groups is 1. The molecule has 0 spiro atoms. The maximum atomic E-state index is 14.4. The average molecular weight is 627 g/mol. The zero-order valence-electron chi connectivity index (χ0n) is 24.9. The summed E-state index contributed by atoms with van der Waals surface area (Å²) in [5.41, 5.74) is 1.46. The molecule has 2 aliphatic rings. The first kappa shape index (κ1) is 31.5. The highest BCUT2D eigenvalue weighted by molar-refractivity contribution is 7.83. The predicted octanol–water partition coefficient (Wildman–Crippen LogP) is 2.63. The monoisotopic (exact) mass is 626 g/mol. The van der Waals surface area contributed by atoms with Gasteiger partial charge in [0, 0.05) is 63.7 Å². The summed E-state index contributed by atoms with van der Waals surface area (Å²) in [5, 5.41) is 3.30. The molecule has 2 saturated heterocycles. The van der Waals surface area contributed by atoms with Gasteiger partial charge in [0.05, 0.1) is 27.6 Å². The van der Waals surface area contributed by atoms with Crippen LogP contribution in [-0.4, -0.2) is 84.2 Å². The van der Waals surface area contributed by atoms with Gasteiger partial charge in [-0.05, 0) is 30.9 Å². The van der Waals surface area contributed by atoms with Crippen LogP contribution in [0, 0.1) is 5.92 Å². The van der Waals surface area contributed by atoms with Crippen molar-refractivity contribution in [3.05, 3.63) is 76.8 Å². The molecule has 0 bridgehead atoms. The van der Waals surface area contributed by atoms with Crippen molar-refractivity contribution >= 4 is 27.9 Å². The lowest BCUT2D eigenvalue weighted by molar-refractivity contribution is 0.0725. The van der Waals surface area contributed by atoms with E-state index >= 15 is 0 Å². The standard InChI is InChI=1S/C31H42N6O4S2/c1-24(2)23-42(40)33-17-21-36-29(30(38)34-19-15-32-16-20-34)28(25-10-5-3-6-11-25)37(31(36)39)26-12-9-18-35(22-26)43(41)27-13-7-4-8-14-27/h3-8,10-11,13-14,24,26,32-33H,9,12,15-23H2,1-2H3. The van der Waals surface area contributed by atoms with E-state index in [1.807, 2.05) is 78.8 Å². The fourth-order valence-corrected chi connectivity index (χ4v) is 8.15. The maximum Gasteiger partial charge on any atom is 0.329 e. The minimum Gasteiger partial charge on any atom is -0.335 e. The van der Waals surface area contributed by atoms with E-state index in [-0.39, 0.29) is 36.6 Å². The number of benzene rings is 2. The summed E-state index contributed by atoms with van der Waals surface area (Å²) >= 11 is 0. The number of hydrogen-bond donors (Lipinski definition) is 2. The molecule has 43 heavy (non-hydrogen) atoms. The molecule has 5 rings (SSSR count). The smallest absolute Gasteiger partial charge is 0.329 e. The van der Waals surface area contributed by atoms with Gasteiger partial charge in [0.1, 0.15) is 16.7 Å². The van der Waals surface area contributed by atoms with Gasteiger partial charge in [-0.3, -0.25) is 13.9 Å². The molecule has 2 N–H and O–H groups in total. The van der Waals surface area contributed by atoms with Crippen LogP contribution >= 0.6 is 0 Å². The molecule has 3 aromatic rings. The largest absolute Gasteiger partial charge is 0.335 e. The number of aromatic nitrogens is 2. The summed E-state index contributed by atoms with van der Waals surface area (Å²) < 4.78 is 34.4. The lowest BCUT2D eigenvalue weighted by Gasteiger charge is -2.33. The third-order valence-electron chi connectivity index (χ3n) is 7.81. The van der Waals surface area contributed by atoms with Crippen LogP contribution in [0.3, 0.4) is 0 Å². The maximum absolute atomic E-state index is 14.4. The molecule has 3 heterocycles. The summed E-state index contributed by atoms with van der Waals surface area (Å²) in [7, 11) is -2.60. The molecule has 10 nitrogen and oxygen atoms in total. The molecular weight excluding hydrogens is 585 g/mol. The van der Waals surface area contributed by atoms with Crippen molar-refractivity contribution in [3.8, 4) is 11.3 Å². The second-order valence-electron chi connectivity index (χ2n) is 11.5. The third kappa shape index (κ3) is 7.43. The van der Waals surface area contributed by atoms with Gasteiger partial charge in [0.2, 0.25) is 0 Å². The van der Waals surface area contributed by atoms with Gasteiger partial charge in [-0.1, -0.05) is 62.4 Å². The highest BCUT2D eigenvalue weighted by atomic mass is 32.2. The molecular formula is C31H42N6O4S2. The zero-order valence-corrected chi connectivity index (χ0v) is 26.6. The zero-order chi connectivity index (χ0) is 30.3. The fraction of sp³-hybridized carbons (Fsp3) is 0.484. The lowest BCUT2D eigenvalue weighted by Crippen LogP contribution is -2.47. The molecule has 0 saturated carbocycles. The Hall–Kier alpha value is -2.90. The van der Waals surface area contributed by atoms with E-state index in [0.29, 0.717) is 56.4 Å². The first-order chi connectivity index (χ1) is 20.8. The van der Waals surface area contributed by atoms with Crippen molar-refractivity contribution < 1.29 is 13.2 Å². The Bertz CT molecular complexity index is 1490. The topological polar surface area (TPSA) is 109 Å². The van der Waals surface area contributed by atoms with E-state index in [2.05, 4.69) is 10.0 Å². The van der Waals surface area contributed by atoms with Gasteiger partial charge in [-0.25, -0.2) is 22.2 Å². The summed E-state index contributed by atoms with van der Waals surface area (Å²) in [6.45, 7) is 8.08. The molecule has 2 aliphatic heterocycles. The van der Waals surface area contributed by atoms with Crippen LogP contribution in [0.15, 0.2) is 70.4 Å². The predicted molar refractivity (Wildman–Crippen MR) is 171 cm³/mol.